The summed E-state index contributed by atoms with van der Waals surface area (Å²) in [5.41, 5.74) is 5.43. The summed E-state index contributed by atoms with van der Waals surface area (Å²) in [6.45, 7) is 2.46. The van der Waals surface area contributed by atoms with Crippen molar-refractivity contribution in [1.82, 2.24) is 0 Å². The van der Waals surface area contributed by atoms with Gasteiger partial charge >= 0.3 is 0 Å². The molecule has 1 unspecified atom stereocenters. The molecule has 0 heterocycles. The molecule has 3 N–H and O–H groups in total. The Balaban J connectivity index is 2.26. The molecule has 96 valence electrons. The molecule has 0 amide bonds. The number of halogens is 1. The normalized spacial score (nSPS) is 14.4. The Hall–Kier alpha value is -1.13. The van der Waals surface area contributed by atoms with Crippen molar-refractivity contribution in [3.05, 3.63) is 30.1 Å². The maximum absolute atomic E-state index is 12.6. The van der Waals surface area contributed by atoms with E-state index in [2.05, 4.69) is 0 Å². The quantitative estimate of drug-likeness (QED) is 0.719. The Morgan fingerprint density at radius 2 is 2.00 bits per heavy atom. The highest BCUT2D eigenvalue weighted by Gasteiger charge is 2.20. The number of ether oxygens (including phenoxy) is 1. The van der Waals surface area contributed by atoms with E-state index in [4.69, 9.17) is 15.6 Å². The second kappa shape index (κ2) is 6.57. The lowest BCUT2D eigenvalue weighted by Gasteiger charge is -2.25. The van der Waals surface area contributed by atoms with Gasteiger partial charge in [-0.3, -0.25) is 0 Å². The van der Waals surface area contributed by atoms with Crippen LogP contribution in [0.15, 0.2) is 24.3 Å². The molecule has 0 fully saturated rings. The van der Waals surface area contributed by atoms with E-state index in [0.29, 0.717) is 18.8 Å². The van der Waals surface area contributed by atoms with Gasteiger partial charge in [0.2, 0.25) is 0 Å². The zero-order valence-electron chi connectivity index (χ0n) is 10.2. The topological polar surface area (TPSA) is 55.5 Å². The third-order valence-corrected chi connectivity index (χ3v) is 2.92. The molecule has 0 aliphatic heterocycles. The number of rotatable bonds is 7. The summed E-state index contributed by atoms with van der Waals surface area (Å²) < 4.78 is 18.1. The van der Waals surface area contributed by atoms with Gasteiger partial charge in [0, 0.05) is 5.54 Å². The van der Waals surface area contributed by atoms with E-state index >= 15 is 0 Å². The zero-order chi connectivity index (χ0) is 12.7. The third-order valence-electron chi connectivity index (χ3n) is 2.92. The molecule has 0 aliphatic carbocycles. The molecular weight excluding hydrogens is 221 g/mol. The van der Waals surface area contributed by atoms with Gasteiger partial charge in [0.1, 0.15) is 11.6 Å². The average molecular weight is 241 g/mol. The smallest absolute Gasteiger partial charge is 0.123 e. The Morgan fingerprint density at radius 3 is 2.53 bits per heavy atom. The fourth-order valence-electron chi connectivity index (χ4n) is 1.51. The predicted octanol–water partition coefficient (Wildman–Crippen LogP) is 2.08. The second-order valence-electron chi connectivity index (χ2n) is 4.28. The highest BCUT2D eigenvalue weighted by Crippen LogP contribution is 2.15. The lowest BCUT2D eigenvalue weighted by molar-refractivity contribution is 0.171. The van der Waals surface area contributed by atoms with Crippen molar-refractivity contribution < 1.29 is 14.2 Å². The monoisotopic (exact) mass is 241 g/mol. The van der Waals surface area contributed by atoms with Crippen LogP contribution in [0.25, 0.3) is 0 Å². The van der Waals surface area contributed by atoms with Crippen LogP contribution in [0.4, 0.5) is 4.39 Å². The van der Waals surface area contributed by atoms with Crippen LogP contribution >= 0.6 is 0 Å². The predicted molar refractivity (Wildman–Crippen MR) is 65.4 cm³/mol. The third kappa shape index (κ3) is 4.71. The fraction of sp³-hybridized carbons (Fsp3) is 0.538. The van der Waals surface area contributed by atoms with Crippen molar-refractivity contribution in [2.45, 2.75) is 31.7 Å². The van der Waals surface area contributed by atoms with Gasteiger partial charge < -0.3 is 15.6 Å². The Labute approximate surface area is 101 Å². The molecule has 0 aliphatic rings. The maximum Gasteiger partial charge on any atom is 0.123 e. The molecular formula is C13H20FNO2. The van der Waals surface area contributed by atoms with E-state index in [-0.39, 0.29) is 12.4 Å². The van der Waals surface area contributed by atoms with Gasteiger partial charge in [-0.2, -0.15) is 0 Å². The molecule has 1 aromatic carbocycles. The number of aliphatic hydroxyl groups excluding tert-OH is 1. The van der Waals surface area contributed by atoms with E-state index in [0.717, 1.165) is 12.8 Å². The molecule has 3 nitrogen and oxygen atoms in total. The minimum Gasteiger partial charge on any atom is -0.494 e. The van der Waals surface area contributed by atoms with Crippen LogP contribution in [0, 0.1) is 5.82 Å². The van der Waals surface area contributed by atoms with E-state index in [1.165, 1.54) is 12.1 Å². The molecule has 0 saturated carbocycles. The van der Waals surface area contributed by atoms with E-state index < -0.39 is 5.54 Å². The summed E-state index contributed by atoms with van der Waals surface area (Å²) >= 11 is 0. The Kier molecular flexibility index (Phi) is 5.38. The number of aliphatic hydroxyl groups is 1. The SMILES string of the molecule is CCC(N)(CO)CCCOc1ccc(F)cc1. The van der Waals surface area contributed by atoms with Crippen molar-refractivity contribution >= 4 is 0 Å². The van der Waals surface area contributed by atoms with Crippen molar-refractivity contribution in [1.29, 1.82) is 0 Å². The standard InChI is InChI=1S/C13H20FNO2/c1-2-13(15,10-16)8-3-9-17-12-6-4-11(14)5-7-12/h4-7,16H,2-3,8-10,15H2,1H3. The first-order chi connectivity index (χ1) is 8.09. The maximum atomic E-state index is 12.6. The summed E-state index contributed by atoms with van der Waals surface area (Å²) in [6, 6.07) is 5.92. The Bertz CT molecular complexity index is 323. The molecule has 0 bridgehead atoms. The lowest BCUT2D eigenvalue weighted by atomic mass is 9.93. The molecule has 0 radical (unpaired) electrons. The van der Waals surface area contributed by atoms with Gasteiger partial charge in [-0.25, -0.2) is 4.39 Å². The minimum atomic E-state index is -0.508. The van der Waals surface area contributed by atoms with E-state index in [1.807, 2.05) is 6.92 Å². The molecule has 0 saturated heterocycles. The molecule has 1 aromatic rings. The number of benzene rings is 1. The van der Waals surface area contributed by atoms with Crippen LogP contribution in [-0.4, -0.2) is 23.9 Å². The Morgan fingerprint density at radius 1 is 1.35 bits per heavy atom. The number of nitrogens with two attached hydrogens (primary N) is 1. The van der Waals surface area contributed by atoms with Gasteiger partial charge in [0.15, 0.2) is 0 Å². The first-order valence-electron chi connectivity index (χ1n) is 5.88. The van der Waals surface area contributed by atoms with Gasteiger partial charge in [-0.1, -0.05) is 6.92 Å². The van der Waals surface area contributed by atoms with Crippen LogP contribution in [0.5, 0.6) is 5.75 Å². The van der Waals surface area contributed by atoms with Crippen LogP contribution < -0.4 is 10.5 Å². The van der Waals surface area contributed by atoms with Crippen LogP contribution in [0.1, 0.15) is 26.2 Å². The average Bonchev–Trinajstić information content (AvgIpc) is 2.36. The summed E-state index contributed by atoms with van der Waals surface area (Å²) in [5, 5.41) is 9.12. The summed E-state index contributed by atoms with van der Waals surface area (Å²) in [6.07, 6.45) is 2.21. The lowest BCUT2D eigenvalue weighted by Crippen LogP contribution is -2.43. The summed E-state index contributed by atoms with van der Waals surface area (Å²) in [4.78, 5) is 0. The van der Waals surface area contributed by atoms with Gasteiger partial charge in [-0.15, -0.1) is 0 Å². The highest BCUT2D eigenvalue weighted by atomic mass is 19.1. The number of hydrogen-bond donors (Lipinski definition) is 2. The zero-order valence-corrected chi connectivity index (χ0v) is 10.2. The van der Waals surface area contributed by atoms with E-state index in [9.17, 15) is 4.39 Å². The highest BCUT2D eigenvalue weighted by molar-refractivity contribution is 5.21. The molecule has 0 aromatic heterocycles. The van der Waals surface area contributed by atoms with Gasteiger partial charge in [0.05, 0.1) is 13.2 Å². The van der Waals surface area contributed by atoms with Crippen LogP contribution in [-0.2, 0) is 0 Å². The molecule has 0 spiro atoms. The minimum absolute atomic E-state index is 0.0138. The molecule has 17 heavy (non-hydrogen) atoms. The molecule has 1 atom stereocenters. The van der Waals surface area contributed by atoms with Crippen molar-refractivity contribution in [3.8, 4) is 5.75 Å². The van der Waals surface area contributed by atoms with Crippen molar-refractivity contribution in [2.75, 3.05) is 13.2 Å². The van der Waals surface area contributed by atoms with Crippen LogP contribution in [0.3, 0.4) is 0 Å². The van der Waals surface area contributed by atoms with Crippen LogP contribution in [0.2, 0.25) is 0 Å². The summed E-state index contributed by atoms with van der Waals surface area (Å²) in [5.74, 6) is 0.374. The fourth-order valence-corrected chi connectivity index (χ4v) is 1.51. The number of hydrogen-bond acceptors (Lipinski definition) is 3. The van der Waals surface area contributed by atoms with Gasteiger partial charge in [0.25, 0.3) is 0 Å². The van der Waals surface area contributed by atoms with Crippen molar-refractivity contribution in [2.24, 2.45) is 5.73 Å². The second-order valence-corrected chi connectivity index (χ2v) is 4.28. The largest absolute Gasteiger partial charge is 0.494 e. The van der Waals surface area contributed by atoms with Crippen molar-refractivity contribution in [3.63, 3.8) is 0 Å². The van der Waals surface area contributed by atoms with E-state index in [1.54, 1.807) is 12.1 Å². The first kappa shape index (κ1) is 13.9. The van der Waals surface area contributed by atoms with Gasteiger partial charge in [-0.05, 0) is 43.5 Å². The summed E-state index contributed by atoms with van der Waals surface area (Å²) in [7, 11) is 0. The molecule has 1 rings (SSSR count). The first-order valence-corrected chi connectivity index (χ1v) is 5.88. The molecule has 4 heteroatoms.